The molecular formula is C23H22ClNO3. The van der Waals surface area contributed by atoms with Crippen molar-refractivity contribution >= 4 is 23.2 Å². The molecule has 0 unspecified atom stereocenters. The van der Waals surface area contributed by atoms with Crippen LogP contribution in [-0.4, -0.2) is 13.0 Å². The number of methoxy groups -OCH3 is 1. The van der Waals surface area contributed by atoms with Gasteiger partial charge in [0.15, 0.2) is 0 Å². The maximum absolute atomic E-state index is 12.6. The minimum atomic E-state index is -0.224. The summed E-state index contributed by atoms with van der Waals surface area (Å²) in [5.41, 5.74) is 4.22. The van der Waals surface area contributed by atoms with Crippen LogP contribution in [0.25, 0.3) is 0 Å². The van der Waals surface area contributed by atoms with E-state index in [0.717, 1.165) is 22.4 Å². The van der Waals surface area contributed by atoms with E-state index in [2.05, 4.69) is 11.4 Å². The zero-order valence-electron chi connectivity index (χ0n) is 16.1. The average Bonchev–Trinajstić information content (AvgIpc) is 2.65. The molecule has 0 atom stereocenters. The highest BCUT2D eigenvalue weighted by atomic mass is 35.5. The van der Waals surface area contributed by atoms with Crippen molar-refractivity contribution in [2.75, 3.05) is 12.4 Å². The normalized spacial score (nSPS) is 10.4. The Morgan fingerprint density at radius 2 is 1.75 bits per heavy atom. The Labute approximate surface area is 170 Å². The zero-order chi connectivity index (χ0) is 20.1. The van der Waals surface area contributed by atoms with E-state index >= 15 is 0 Å². The van der Waals surface area contributed by atoms with Gasteiger partial charge < -0.3 is 14.8 Å². The summed E-state index contributed by atoms with van der Waals surface area (Å²) in [6, 6.07) is 18.4. The van der Waals surface area contributed by atoms with Crippen LogP contribution in [-0.2, 0) is 6.61 Å². The van der Waals surface area contributed by atoms with E-state index in [1.54, 1.807) is 49.6 Å². The smallest absolute Gasteiger partial charge is 0.255 e. The van der Waals surface area contributed by atoms with Gasteiger partial charge in [0.25, 0.3) is 5.91 Å². The molecule has 28 heavy (non-hydrogen) atoms. The van der Waals surface area contributed by atoms with Gasteiger partial charge in [-0.2, -0.15) is 0 Å². The lowest BCUT2D eigenvalue weighted by Gasteiger charge is -2.13. The first-order valence-electron chi connectivity index (χ1n) is 8.89. The van der Waals surface area contributed by atoms with Crippen molar-refractivity contribution in [2.24, 2.45) is 0 Å². The van der Waals surface area contributed by atoms with Crippen LogP contribution in [0, 0.1) is 13.8 Å². The Morgan fingerprint density at radius 1 is 1.00 bits per heavy atom. The molecule has 144 valence electrons. The highest BCUT2D eigenvalue weighted by Crippen LogP contribution is 2.24. The number of carbonyl (C=O) groups is 1. The van der Waals surface area contributed by atoms with Crippen LogP contribution in [0.2, 0.25) is 5.02 Å². The number of aryl methyl sites for hydroxylation is 2. The van der Waals surface area contributed by atoms with Crippen molar-refractivity contribution in [1.29, 1.82) is 0 Å². The van der Waals surface area contributed by atoms with Crippen LogP contribution in [0.4, 0.5) is 5.69 Å². The van der Waals surface area contributed by atoms with Gasteiger partial charge >= 0.3 is 0 Å². The van der Waals surface area contributed by atoms with E-state index in [4.69, 9.17) is 21.1 Å². The molecule has 1 amide bonds. The van der Waals surface area contributed by atoms with Gasteiger partial charge in [0, 0.05) is 21.8 Å². The van der Waals surface area contributed by atoms with E-state index in [-0.39, 0.29) is 5.91 Å². The van der Waals surface area contributed by atoms with Gasteiger partial charge in [-0.1, -0.05) is 23.7 Å². The van der Waals surface area contributed by atoms with E-state index in [1.165, 1.54) is 0 Å². The molecule has 1 N–H and O–H groups in total. The fraction of sp³-hybridized carbons (Fsp3) is 0.174. The molecule has 0 aliphatic heterocycles. The first kappa shape index (κ1) is 19.8. The lowest BCUT2D eigenvalue weighted by atomic mass is 10.1. The van der Waals surface area contributed by atoms with E-state index < -0.39 is 0 Å². The molecule has 0 heterocycles. The van der Waals surface area contributed by atoms with E-state index in [9.17, 15) is 4.79 Å². The van der Waals surface area contributed by atoms with Gasteiger partial charge in [0.2, 0.25) is 0 Å². The Hall–Kier alpha value is -2.98. The molecule has 0 spiro atoms. The third kappa shape index (κ3) is 5.05. The summed E-state index contributed by atoms with van der Waals surface area (Å²) in [4.78, 5) is 12.6. The molecule has 0 fully saturated rings. The van der Waals surface area contributed by atoms with Gasteiger partial charge in [0.1, 0.15) is 18.1 Å². The van der Waals surface area contributed by atoms with Crippen LogP contribution in [0.15, 0.2) is 60.7 Å². The van der Waals surface area contributed by atoms with Gasteiger partial charge in [-0.15, -0.1) is 0 Å². The molecule has 5 heteroatoms. The lowest BCUT2D eigenvalue weighted by Crippen LogP contribution is -2.12. The number of halogens is 1. The number of benzene rings is 3. The summed E-state index contributed by atoms with van der Waals surface area (Å²) in [5, 5.41) is 3.41. The molecule has 0 saturated heterocycles. The van der Waals surface area contributed by atoms with Crippen molar-refractivity contribution in [2.45, 2.75) is 20.5 Å². The zero-order valence-corrected chi connectivity index (χ0v) is 16.8. The summed E-state index contributed by atoms with van der Waals surface area (Å²) in [6.45, 7) is 4.35. The first-order chi connectivity index (χ1) is 13.4. The van der Waals surface area contributed by atoms with Crippen LogP contribution in [0.3, 0.4) is 0 Å². The van der Waals surface area contributed by atoms with Crippen molar-refractivity contribution in [3.05, 3.63) is 87.9 Å². The Balaban J connectivity index is 1.78. The molecular weight excluding hydrogens is 374 g/mol. The summed E-state index contributed by atoms with van der Waals surface area (Å²) >= 11 is 5.98. The molecule has 3 rings (SSSR count). The molecule has 0 aliphatic rings. The maximum atomic E-state index is 12.6. The van der Waals surface area contributed by atoms with E-state index in [0.29, 0.717) is 28.6 Å². The van der Waals surface area contributed by atoms with Crippen molar-refractivity contribution < 1.29 is 14.3 Å². The fourth-order valence-corrected chi connectivity index (χ4v) is 3.17. The van der Waals surface area contributed by atoms with Crippen molar-refractivity contribution in [3.8, 4) is 11.5 Å². The standard InChI is InChI=1S/C23H22ClNO3/c1-15-9-16(2)11-21(10-15)28-14-18-12-17(7-8-22(18)27-3)23(26)25-20-6-4-5-19(24)13-20/h4-13H,14H2,1-3H3,(H,25,26). The number of nitrogens with one attached hydrogen (secondary N) is 1. The number of rotatable bonds is 6. The Morgan fingerprint density at radius 3 is 2.43 bits per heavy atom. The van der Waals surface area contributed by atoms with Gasteiger partial charge in [0.05, 0.1) is 7.11 Å². The molecule has 0 aliphatic carbocycles. The summed E-state index contributed by atoms with van der Waals surface area (Å²) in [6.07, 6.45) is 0. The predicted molar refractivity (Wildman–Crippen MR) is 113 cm³/mol. The maximum Gasteiger partial charge on any atom is 0.255 e. The molecule has 3 aromatic rings. The van der Waals surface area contributed by atoms with E-state index in [1.807, 2.05) is 26.0 Å². The second kappa shape index (κ2) is 8.81. The molecule has 0 radical (unpaired) electrons. The second-order valence-electron chi connectivity index (χ2n) is 6.60. The fourth-order valence-electron chi connectivity index (χ4n) is 2.98. The predicted octanol–water partition coefficient (Wildman–Crippen LogP) is 5.80. The average molecular weight is 396 g/mol. The third-order valence-corrected chi connectivity index (χ3v) is 4.45. The number of anilines is 1. The van der Waals surface area contributed by atoms with Crippen molar-refractivity contribution in [3.63, 3.8) is 0 Å². The highest BCUT2D eigenvalue weighted by Gasteiger charge is 2.12. The van der Waals surface area contributed by atoms with Crippen LogP contribution in [0.1, 0.15) is 27.0 Å². The second-order valence-corrected chi connectivity index (χ2v) is 7.04. The third-order valence-electron chi connectivity index (χ3n) is 4.21. The summed E-state index contributed by atoms with van der Waals surface area (Å²) in [5.74, 6) is 1.23. The topological polar surface area (TPSA) is 47.6 Å². The summed E-state index contributed by atoms with van der Waals surface area (Å²) < 4.78 is 11.4. The van der Waals surface area contributed by atoms with Crippen LogP contribution >= 0.6 is 11.6 Å². The van der Waals surface area contributed by atoms with Crippen LogP contribution < -0.4 is 14.8 Å². The number of amides is 1. The monoisotopic (exact) mass is 395 g/mol. The minimum Gasteiger partial charge on any atom is -0.496 e. The highest BCUT2D eigenvalue weighted by molar-refractivity contribution is 6.30. The Bertz CT molecular complexity index is 981. The Kier molecular flexibility index (Phi) is 6.22. The molecule has 3 aromatic carbocycles. The minimum absolute atomic E-state index is 0.224. The number of hydrogen-bond acceptors (Lipinski definition) is 3. The molecule has 4 nitrogen and oxygen atoms in total. The van der Waals surface area contributed by atoms with Gasteiger partial charge in [-0.05, 0) is 73.5 Å². The van der Waals surface area contributed by atoms with Crippen molar-refractivity contribution in [1.82, 2.24) is 0 Å². The summed E-state index contributed by atoms with van der Waals surface area (Å²) in [7, 11) is 1.60. The number of hydrogen-bond donors (Lipinski definition) is 1. The first-order valence-corrected chi connectivity index (χ1v) is 9.27. The van der Waals surface area contributed by atoms with Gasteiger partial charge in [-0.25, -0.2) is 0 Å². The number of carbonyl (C=O) groups excluding carboxylic acids is 1. The molecule has 0 saturated carbocycles. The molecule has 0 bridgehead atoms. The number of ether oxygens (including phenoxy) is 2. The molecule has 0 aromatic heterocycles. The lowest BCUT2D eigenvalue weighted by molar-refractivity contribution is 0.102. The largest absolute Gasteiger partial charge is 0.496 e. The van der Waals surface area contributed by atoms with Gasteiger partial charge in [-0.3, -0.25) is 4.79 Å². The quantitative estimate of drug-likeness (QED) is 0.574. The van der Waals surface area contributed by atoms with Crippen LogP contribution in [0.5, 0.6) is 11.5 Å². The SMILES string of the molecule is COc1ccc(C(=O)Nc2cccc(Cl)c2)cc1COc1cc(C)cc(C)c1.